The number of nitrogens with two attached hydrogens (primary N) is 1. The molecule has 11 heavy (non-hydrogen) atoms. The molecule has 0 amide bonds. The second-order valence-corrected chi connectivity index (χ2v) is 2.89. The molecule has 1 fully saturated rings. The summed E-state index contributed by atoms with van der Waals surface area (Å²) in [5.41, 5.74) is 5.14. The molecule has 0 aliphatic carbocycles. The lowest BCUT2D eigenvalue weighted by Crippen LogP contribution is -1.95. The highest BCUT2D eigenvalue weighted by Crippen LogP contribution is 2.14. The van der Waals surface area contributed by atoms with E-state index < -0.39 is 0 Å². The first-order chi connectivity index (χ1) is 5.35. The Balaban J connectivity index is 0.000000187. The fourth-order valence-electron chi connectivity index (χ4n) is 0.761. The second kappa shape index (κ2) is 8.02. The van der Waals surface area contributed by atoms with Gasteiger partial charge in [-0.1, -0.05) is 26.7 Å². The molecule has 1 rings (SSSR count). The van der Waals surface area contributed by atoms with Crippen molar-refractivity contribution in [3.8, 4) is 0 Å². The van der Waals surface area contributed by atoms with Gasteiger partial charge in [0.15, 0.2) is 0 Å². The fraction of sp³-hybridized carbons (Fsp3) is 1.00. The minimum Gasteiger partial charge on any atom is -0.373 e. The van der Waals surface area contributed by atoms with Crippen molar-refractivity contribution >= 4 is 0 Å². The monoisotopic (exact) mass is 159 g/mol. The Morgan fingerprint density at radius 1 is 1.36 bits per heavy atom. The van der Waals surface area contributed by atoms with E-state index in [4.69, 9.17) is 10.5 Å². The Morgan fingerprint density at radius 2 is 2.00 bits per heavy atom. The molecule has 1 aliphatic heterocycles. The summed E-state index contributed by atoms with van der Waals surface area (Å²) in [5.74, 6) is 0. The summed E-state index contributed by atoms with van der Waals surface area (Å²) < 4.78 is 4.95. The molecule has 2 heteroatoms. The zero-order valence-electron chi connectivity index (χ0n) is 7.81. The molecule has 68 valence electrons. The smallest absolute Gasteiger partial charge is 0.0809 e. The zero-order chi connectivity index (χ0) is 8.53. The standard InChI is InChI=1S/C5H10O.C4H11N/c1-2-3-5-4-6-5;1-2-3-4-5/h5H,2-4H2,1H3;2-5H2,1H3. The minimum absolute atomic E-state index is 0.648. The maximum absolute atomic E-state index is 5.14. The predicted octanol–water partition coefficient (Wildman–Crippen LogP) is 1.93. The lowest BCUT2D eigenvalue weighted by Gasteiger charge is -1.80. The van der Waals surface area contributed by atoms with Gasteiger partial charge in [0.05, 0.1) is 12.7 Å². The van der Waals surface area contributed by atoms with Crippen LogP contribution in [0, 0.1) is 0 Å². The van der Waals surface area contributed by atoms with Gasteiger partial charge in [-0.05, 0) is 19.4 Å². The van der Waals surface area contributed by atoms with Crippen LogP contribution in [-0.4, -0.2) is 19.3 Å². The SMILES string of the molecule is CCCC1CO1.CCCCN. The average Bonchev–Trinajstić information content (AvgIpc) is 2.76. The maximum atomic E-state index is 5.14. The lowest BCUT2D eigenvalue weighted by molar-refractivity contribution is 0.395. The van der Waals surface area contributed by atoms with Gasteiger partial charge in [0.2, 0.25) is 0 Å². The van der Waals surface area contributed by atoms with Crippen molar-refractivity contribution in [2.24, 2.45) is 5.73 Å². The molecule has 1 aliphatic rings. The molecule has 0 radical (unpaired) electrons. The Morgan fingerprint density at radius 3 is 2.09 bits per heavy atom. The summed E-state index contributed by atoms with van der Waals surface area (Å²) in [6.45, 7) is 6.18. The number of hydrogen-bond acceptors (Lipinski definition) is 2. The molecule has 2 N–H and O–H groups in total. The normalized spacial score (nSPS) is 20.5. The van der Waals surface area contributed by atoms with E-state index in [1.165, 1.54) is 25.7 Å². The third kappa shape index (κ3) is 9.92. The van der Waals surface area contributed by atoms with Crippen LogP contribution in [0.3, 0.4) is 0 Å². The highest BCUT2D eigenvalue weighted by molar-refractivity contribution is 4.66. The van der Waals surface area contributed by atoms with Crippen molar-refractivity contribution in [3.63, 3.8) is 0 Å². The Labute approximate surface area is 70.1 Å². The molecule has 0 aromatic rings. The van der Waals surface area contributed by atoms with Gasteiger partial charge in [-0.3, -0.25) is 0 Å². The number of hydrogen-bond donors (Lipinski definition) is 1. The molecule has 1 heterocycles. The summed E-state index contributed by atoms with van der Waals surface area (Å²) in [5, 5.41) is 0. The van der Waals surface area contributed by atoms with E-state index in [-0.39, 0.29) is 0 Å². The van der Waals surface area contributed by atoms with Crippen LogP contribution in [0.15, 0.2) is 0 Å². The molecular formula is C9H21NO. The van der Waals surface area contributed by atoms with Crippen LogP contribution < -0.4 is 5.73 Å². The van der Waals surface area contributed by atoms with E-state index in [0.29, 0.717) is 6.10 Å². The molecular weight excluding hydrogens is 138 g/mol. The Kier molecular flexibility index (Phi) is 7.96. The van der Waals surface area contributed by atoms with Crippen LogP contribution in [0.1, 0.15) is 39.5 Å². The Bertz CT molecular complexity index is 70.0. The van der Waals surface area contributed by atoms with Crippen LogP contribution in [-0.2, 0) is 4.74 Å². The molecule has 0 bridgehead atoms. The molecule has 1 saturated heterocycles. The van der Waals surface area contributed by atoms with Crippen LogP contribution in [0.4, 0.5) is 0 Å². The van der Waals surface area contributed by atoms with Gasteiger partial charge in [0, 0.05) is 0 Å². The summed E-state index contributed by atoms with van der Waals surface area (Å²) in [4.78, 5) is 0. The summed E-state index contributed by atoms with van der Waals surface area (Å²) in [6.07, 6.45) is 5.57. The van der Waals surface area contributed by atoms with Crippen LogP contribution in [0.25, 0.3) is 0 Å². The first-order valence-electron chi connectivity index (χ1n) is 4.66. The summed E-state index contributed by atoms with van der Waals surface area (Å²) in [6, 6.07) is 0. The van der Waals surface area contributed by atoms with Crippen molar-refractivity contribution in [1.82, 2.24) is 0 Å². The van der Waals surface area contributed by atoms with Crippen molar-refractivity contribution < 1.29 is 4.74 Å². The number of unbranched alkanes of at least 4 members (excludes halogenated alkanes) is 1. The molecule has 0 saturated carbocycles. The lowest BCUT2D eigenvalue weighted by atomic mass is 10.3. The minimum atomic E-state index is 0.648. The highest BCUT2D eigenvalue weighted by atomic mass is 16.6. The predicted molar refractivity (Wildman–Crippen MR) is 48.6 cm³/mol. The number of ether oxygens (including phenoxy) is 1. The van der Waals surface area contributed by atoms with Gasteiger partial charge in [-0.15, -0.1) is 0 Å². The zero-order valence-corrected chi connectivity index (χ0v) is 7.81. The molecule has 1 atom stereocenters. The third-order valence-corrected chi connectivity index (χ3v) is 1.57. The van der Waals surface area contributed by atoms with Crippen LogP contribution in [0.5, 0.6) is 0 Å². The summed E-state index contributed by atoms with van der Waals surface area (Å²) >= 11 is 0. The average molecular weight is 159 g/mol. The van der Waals surface area contributed by atoms with E-state index in [9.17, 15) is 0 Å². The van der Waals surface area contributed by atoms with Gasteiger partial charge in [-0.2, -0.15) is 0 Å². The van der Waals surface area contributed by atoms with Crippen molar-refractivity contribution in [3.05, 3.63) is 0 Å². The van der Waals surface area contributed by atoms with Crippen LogP contribution in [0.2, 0.25) is 0 Å². The van der Waals surface area contributed by atoms with Crippen molar-refractivity contribution in [1.29, 1.82) is 0 Å². The van der Waals surface area contributed by atoms with Crippen LogP contribution >= 0.6 is 0 Å². The van der Waals surface area contributed by atoms with E-state index in [2.05, 4.69) is 13.8 Å². The van der Waals surface area contributed by atoms with E-state index in [0.717, 1.165) is 13.2 Å². The summed E-state index contributed by atoms with van der Waals surface area (Å²) in [7, 11) is 0. The first kappa shape index (κ1) is 10.9. The first-order valence-corrected chi connectivity index (χ1v) is 4.66. The Hall–Kier alpha value is -0.0800. The van der Waals surface area contributed by atoms with E-state index in [1.54, 1.807) is 0 Å². The van der Waals surface area contributed by atoms with E-state index in [1.807, 2.05) is 0 Å². The van der Waals surface area contributed by atoms with Gasteiger partial charge in [-0.25, -0.2) is 0 Å². The molecule has 2 nitrogen and oxygen atoms in total. The molecule has 0 aromatic carbocycles. The molecule has 1 unspecified atom stereocenters. The molecule has 0 aromatic heterocycles. The maximum Gasteiger partial charge on any atom is 0.0809 e. The fourth-order valence-corrected chi connectivity index (χ4v) is 0.761. The van der Waals surface area contributed by atoms with E-state index >= 15 is 0 Å². The number of epoxide rings is 1. The van der Waals surface area contributed by atoms with Gasteiger partial charge in [0.25, 0.3) is 0 Å². The third-order valence-electron chi connectivity index (χ3n) is 1.57. The van der Waals surface area contributed by atoms with Gasteiger partial charge >= 0.3 is 0 Å². The topological polar surface area (TPSA) is 38.5 Å². The van der Waals surface area contributed by atoms with Gasteiger partial charge in [0.1, 0.15) is 0 Å². The number of rotatable bonds is 4. The van der Waals surface area contributed by atoms with Crippen molar-refractivity contribution in [2.75, 3.05) is 13.2 Å². The highest BCUT2D eigenvalue weighted by Gasteiger charge is 2.19. The van der Waals surface area contributed by atoms with Gasteiger partial charge < -0.3 is 10.5 Å². The second-order valence-electron chi connectivity index (χ2n) is 2.89. The molecule has 0 spiro atoms. The van der Waals surface area contributed by atoms with Crippen molar-refractivity contribution in [2.45, 2.75) is 45.6 Å². The largest absolute Gasteiger partial charge is 0.373 e. The quantitative estimate of drug-likeness (QED) is 0.636.